The van der Waals surface area contributed by atoms with E-state index in [1.807, 2.05) is 7.05 Å². The van der Waals surface area contributed by atoms with Crippen molar-refractivity contribution in [2.45, 2.75) is 37.1 Å². The number of rotatable bonds is 6. The van der Waals surface area contributed by atoms with Crippen molar-refractivity contribution in [1.29, 1.82) is 0 Å². The highest BCUT2D eigenvalue weighted by molar-refractivity contribution is 9.10. The van der Waals surface area contributed by atoms with Crippen LogP contribution < -0.4 is 10.6 Å². The number of carbonyl (C=O) groups excluding carboxylic acids is 1. The van der Waals surface area contributed by atoms with Crippen molar-refractivity contribution in [3.8, 4) is 0 Å². The fraction of sp³-hybridized carbons (Fsp3) is 0.619. The number of nitrogens with zero attached hydrogens (tertiary/aromatic N) is 3. The number of benzene rings is 1. The molecule has 3 fully saturated rings. The lowest BCUT2D eigenvalue weighted by molar-refractivity contribution is -0.122. The van der Waals surface area contributed by atoms with Crippen LogP contribution in [-0.2, 0) is 10.2 Å². The highest BCUT2D eigenvalue weighted by atomic mass is 79.9. The molecule has 0 spiro atoms. The summed E-state index contributed by atoms with van der Waals surface area (Å²) < 4.78 is 1.14. The number of hydrogen-bond donors (Lipinski definition) is 2. The second-order valence-electron chi connectivity index (χ2n) is 8.30. The van der Waals surface area contributed by atoms with Gasteiger partial charge in [-0.25, -0.2) is 0 Å². The van der Waals surface area contributed by atoms with E-state index in [1.165, 1.54) is 18.4 Å². The summed E-state index contributed by atoms with van der Waals surface area (Å²) in [5.41, 5.74) is 1.64. The predicted molar refractivity (Wildman–Crippen MR) is 116 cm³/mol. The summed E-state index contributed by atoms with van der Waals surface area (Å²) >= 11 is 3.59. The molecule has 0 atom stereocenters. The zero-order valence-electron chi connectivity index (χ0n) is 16.6. The molecular weight excluding hydrogens is 418 g/mol. The van der Waals surface area contributed by atoms with Crippen LogP contribution in [0.15, 0.2) is 33.7 Å². The second kappa shape index (κ2) is 8.41. The smallest absolute Gasteiger partial charge is 0.234 e. The van der Waals surface area contributed by atoms with Crippen LogP contribution in [0.2, 0.25) is 0 Å². The van der Waals surface area contributed by atoms with Gasteiger partial charge in [0.15, 0.2) is 5.96 Å². The second-order valence-corrected chi connectivity index (χ2v) is 9.21. The molecule has 6 nitrogen and oxygen atoms in total. The lowest BCUT2D eigenvalue weighted by Gasteiger charge is -2.36. The van der Waals surface area contributed by atoms with Gasteiger partial charge in [-0.05, 0) is 43.4 Å². The van der Waals surface area contributed by atoms with Crippen LogP contribution in [0.1, 0.15) is 31.2 Å². The van der Waals surface area contributed by atoms with Crippen molar-refractivity contribution in [3.63, 3.8) is 0 Å². The highest BCUT2D eigenvalue weighted by Gasteiger charge is 2.44. The summed E-state index contributed by atoms with van der Waals surface area (Å²) in [5, 5.41) is 6.69. The molecule has 1 aromatic carbocycles. The summed E-state index contributed by atoms with van der Waals surface area (Å²) in [6, 6.07) is 9.11. The van der Waals surface area contributed by atoms with Gasteiger partial charge in [0, 0.05) is 55.7 Å². The molecule has 1 aliphatic heterocycles. The molecule has 2 N–H and O–H groups in total. The number of halogens is 1. The molecule has 0 bridgehead atoms. The van der Waals surface area contributed by atoms with Gasteiger partial charge >= 0.3 is 0 Å². The van der Waals surface area contributed by atoms with E-state index < -0.39 is 0 Å². The van der Waals surface area contributed by atoms with Crippen molar-refractivity contribution < 1.29 is 4.79 Å². The van der Waals surface area contributed by atoms with Crippen LogP contribution in [0, 0.1) is 0 Å². The van der Waals surface area contributed by atoms with Crippen LogP contribution in [0.25, 0.3) is 0 Å². The molecular formula is C21H30BrN5O. The van der Waals surface area contributed by atoms with E-state index in [0.29, 0.717) is 12.6 Å². The van der Waals surface area contributed by atoms with Crippen LogP contribution in [0.3, 0.4) is 0 Å². The SMILES string of the molecule is CN=C(NCC1(c2cccc(Br)c2)CC1)N1CCN(CC(=O)NC2CC2)CC1. The Kier molecular flexibility index (Phi) is 5.92. The van der Waals surface area contributed by atoms with E-state index in [0.717, 1.165) is 56.0 Å². The van der Waals surface area contributed by atoms with Crippen molar-refractivity contribution >= 4 is 27.8 Å². The molecule has 3 aliphatic rings. The first-order valence-electron chi connectivity index (χ1n) is 10.3. The number of amides is 1. The maximum atomic E-state index is 12.0. The molecule has 4 rings (SSSR count). The number of carbonyl (C=O) groups is 1. The first-order valence-corrected chi connectivity index (χ1v) is 11.1. The lowest BCUT2D eigenvalue weighted by atomic mass is 9.96. The van der Waals surface area contributed by atoms with Gasteiger partial charge in [-0.3, -0.25) is 14.7 Å². The van der Waals surface area contributed by atoms with Crippen molar-refractivity contribution in [1.82, 2.24) is 20.4 Å². The van der Waals surface area contributed by atoms with Crippen LogP contribution in [-0.4, -0.2) is 74.0 Å². The van der Waals surface area contributed by atoms with Gasteiger partial charge in [0.2, 0.25) is 5.91 Å². The Hall–Kier alpha value is -1.60. The summed E-state index contributed by atoms with van der Waals surface area (Å²) in [6.07, 6.45) is 4.72. The summed E-state index contributed by atoms with van der Waals surface area (Å²) in [4.78, 5) is 21.1. The third-order valence-electron chi connectivity index (χ3n) is 6.07. The van der Waals surface area contributed by atoms with Gasteiger partial charge in [-0.1, -0.05) is 28.1 Å². The number of nitrogens with one attached hydrogen (secondary N) is 2. The van der Waals surface area contributed by atoms with E-state index in [-0.39, 0.29) is 11.3 Å². The third-order valence-corrected chi connectivity index (χ3v) is 6.56. The minimum Gasteiger partial charge on any atom is -0.355 e. The third kappa shape index (κ3) is 4.87. The normalized spacial score (nSPS) is 22.1. The molecule has 152 valence electrons. The summed E-state index contributed by atoms with van der Waals surface area (Å²) in [7, 11) is 1.86. The first-order chi connectivity index (χ1) is 13.6. The molecule has 1 heterocycles. The average Bonchev–Trinajstić information content (AvgIpc) is 3.60. The van der Waals surface area contributed by atoms with Crippen molar-refractivity contribution in [3.05, 3.63) is 34.3 Å². The average molecular weight is 448 g/mol. The monoisotopic (exact) mass is 447 g/mol. The predicted octanol–water partition coefficient (Wildman–Crippen LogP) is 1.95. The highest BCUT2D eigenvalue weighted by Crippen LogP contribution is 2.48. The summed E-state index contributed by atoms with van der Waals surface area (Å²) in [5.74, 6) is 1.14. The molecule has 1 amide bonds. The van der Waals surface area contributed by atoms with Crippen molar-refractivity contribution in [2.75, 3.05) is 46.3 Å². The zero-order chi connectivity index (χ0) is 19.6. The Morgan fingerprint density at radius 2 is 2.00 bits per heavy atom. The quantitative estimate of drug-likeness (QED) is 0.516. The largest absolute Gasteiger partial charge is 0.355 e. The molecule has 0 unspecified atom stereocenters. The van der Waals surface area contributed by atoms with E-state index in [2.05, 4.69) is 65.6 Å². The van der Waals surface area contributed by atoms with Gasteiger partial charge in [0.1, 0.15) is 0 Å². The van der Waals surface area contributed by atoms with E-state index in [1.54, 1.807) is 0 Å². The molecule has 2 aliphatic carbocycles. The van der Waals surface area contributed by atoms with Gasteiger partial charge in [-0.15, -0.1) is 0 Å². The Bertz CT molecular complexity index is 736. The van der Waals surface area contributed by atoms with Gasteiger partial charge in [0.25, 0.3) is 0 Å². The van der Waals surface area contributed by atoms with E-state index in [4.69, 9.17) is 0 Å². The van der Waals surface area contributed by atoms with Crippen molar-refractivity contribution in [2.24, 2.45) is 4.99 Å². The molecule has 0 radical (unpaired) electrons. The van der Waals surface area contributed by atoms with Crippen LogP contribution in [0.4, 0.5) is 0 Å². The molecule has 0 aromatic heterocycles. The Morgan fingerprint density at radius 1 is 1.25 bits per heavy atom. The Morgan fingerprint density at radius 3 is 2.61 bits per heavy atom. The van der Waals surface area contributed by atoms with E-state index in [9.17, 15) is 4.79 Å². The maximum Gasteiger partial charge on any atom is 0.234 e. The van der Waals surface area contributed by atoms with Gasteiger partial charge in [-0.2, -0.15) is 0 Å². The topological polar surface area (TPSA) is 60.0 Å². The Labute approximate surface area is 175 Å². The number of piperazine rings is 1. The van der Waals surface area contributed by atoms with Gasteiger partial charge in [0.05, 0.1) is 6.54 Å². The number of guanidine groups is 1. The van der Waals surface area contributed by atoms with Gasteiger partial charge < -0.3 is 15.5 Å². The molecule has 2 saturated carbocycles. The lowest BCUT2D eigenvalue weighted by Crippen LogP contribution is -2.54. The molecule has 7 heteroatoms. The minimum atomic E-state index is 0.170. The maximum absolute atomic E-state index is 12.0. The minimum absolute atomic E-state index is 0.170. The van der Waals surface area contributed by atoms with E-state index >= 15 is 0 Å². The first kappa shape index (κ1) is 19.7. The fourth-order valence-corrected chi connectivity index (χ4v) is 4.34. The van der Waals surface area contributed by atoms with Crippen LogP contribution >= 0.6 is 15.9 Å². The van der Waals surface area contributed by atoms with Crippen LogP contribution in [0.5, 0.6) is 0 Å². The molecule has 28 heavy (non-hydrogen) atoms. The Balaban J connectivity index is 1.25. The zero-order valence-corrected chi connectivity index (χ0v) is 18.2. The summed E-state index contributed by atoms with van der Waals surface area (Å²) in [6.45, 7) is 5.04. The fourth-order valence-electron chi connectivity index (χ4n) is 3.94. The number of hydrogen-bond acceptors (Lipinski definition) is 3. The molecule has 1 aromatic rings. The number of aliphatic imine (C=N–C) groups is 1. The molecule has 1 saturated heterocycles. The standard InChI is InChI=1S/C21H30BrN5O/c1-23-20(24-15-21(7-8-21)16-3-2-4-17(22)13-16)27-11-9-26(10-12-27)14-19(28)25-18-5-6-18/h2-4,13,18H,5-12,14-15H2,1H3,(H,23,24)(H,25,28).